The molecule has 2 aliphatic rings. The highest BCUT2D eigenvalue weighted by atomic mass is 35.5. The van der Waals surface area contributed by atoms with Crippen LogP contribution in [0.25, 0.3) is 5.76 Å². The molecule has 0 radical (unpaired) electrons. The van der Waals surface area contributed by atoms with Crippen molar-refractivity contribution in [1.82, 2.24) is 9.80 Å². The maximum absolute atomic E-state index is 13.1. The number of aliphatic hydroxyl groups is 1. The summed E-state index contributed by atoms with van der Waals surface area (Å²) in [6.45, 7) is 7.74. The Morgan fingerprint density at radius 2 is 1.88 bits per heavy atom. The summed E-state index contributed by atoms with van der Waals surface area (Å²) in [6, 6.07) is 13.0. The Morgan fingerprint density at radius 3 is 2.56 bits per heavy atom. The van der Waals surface area contributed by atoms with Crippen molar-refractivity contribution in [1.29, 1.82) is 0 Å². The standard InChI is InChI=1S/C26H27ClN2O5/c1-2-14-34-21-8-6-18(7-9-21)24(30)22-23(19-4-3-5-20(27)17-19)29(26(32)25(22)31)11-10-28-12-15-33-16-13-28/h2-9,17,23,30H,1,10-16H2/b24-22+/t23-/m0/s1. The van der Waals surface area contributed by atoms with Gasteiger partial charge in [-0.25, -0.2) is 0 Å². The number of ether oxygens (including phenoxy) is 2. The van der Waals surface area contributed by atoms with Gasteiger partial charge in [-0.15, -0.1) is 0 Å². The third-order valence-corrected chi connectivity index (χ3v) is 6.20. The van der Waals surface area contributed by atoms with Crippen molar-refractivity contribution in [2.45, 2.75) is 6.04 Å². The van der Waals surface area contributed by atoms with E-state index in [1.165, 1.54) is 4.90 Å². The Hall–Kier alpha value is -3.13. The Balaban J connectivity index is 1.69. The van der Waals surface area contributed by atoms with Crippen molar-refractivity contribution in [2.24, 2.45) is 0 Å². The van der Waals surface area contributed by atoms with Gasteiger partial charge in [-0.3, -0.25) is 14.5 Å². The molecule has 2 fully saturated rings. The molecule has 4 rings (SSSR count). The van der Waals surface area contributed by atoms with Crippen LogP contribution in [0.4, 0.5) is 0 Å². The number of Topliss-reactive ketones (excluding diaryl/α,β-unsaturated/α-hetero) is 1. The highest BCUT2D eigenvalue weighted by molar-refractivity contribution is 6.46. The number of amides is 1. The molecule has 2 aliphatic heterocycles. The fraction of sp³-hybridized carbons (Fsp3) is 0.308. The van der Waals surface area contributed by atoms with Crippen LogP contribution < -0.4 is 4.74 Å². The molecule has 2 heterocycles. The summed E-state index contributed by atoms with van der Waals surface area (Å²) < 4.78 is 10.9. The Kier molecular flexibility index (Phi) is 7.67. The summed E-state index contributed by atoms with van der Waals surface area (Å²) in [4.78, 5) is 30.0. The third-order valence-electron chi connectivity index (χ3n) is 5.96. The average molecular weight is 483 g/mol. The average Bonchev–Trinajstić information content (AvgIpc) is 3.11. The minimum Gasteiger partial charge on any atom is -0.507 e. The first kappa shape index (κ1) is 24.0. The topological polar surface area (TPSA) is 79.3 Å². The predicted molar refractivity (Wildman–Crippen MR) is 130 cm³/mol. The smallest absolute Gasteiger partial charge is 0.295 e. The van der Waals surface area contributed by atoms with E-state index in [0.717, 1.165) is 13.1 Å². The van der Waals surface area contributed by atoms with Gasteiger partial charge in [0.25, 0.3) is 11.7 Å². The molecular weight excluding hydrogens is 456 g/mol. The van der Waals surface area contributed by atoms with Gasteiger partial charge in [0.1, 0.15) is 18.1 Å². The van der Waals surface area contributed by atoms with Crippen LogP contribution in [-0.4, -0.2) is 72.6 Å². The second kappa shape index (κ2) is 10.9. The molecule has 0 saturated carbocycles. The van der Waals surface area contributed by atoms with E-state index in [1.54, 1.807) is 48.5 Å². The van der Waals surface area contributed by atoms with E-state index in [-0.39, 0.29) is 11.3 Å². The van der Waals surface area contributed by atoms with Crippen molar-refractivity contribution in [3.63, 3.8) is 0 Å². The van der Waals surface area contributed by atoms with Crippen molar-refractivity contribution in [3.8, 4) is 5.75 Å². The molecule has 8 heteroatoms. The Labute approximate surface area is 203 Å². The summed E-state index contributed by atoms with van der Waals surface area (Å²) in [5.41, 5.74) is 1.14. The predicted octanol–water partition coefficient (Wildman–Crippen LogP) is 3.66. The number of hydrogen-bond acceptors (Lipinski definition) is 6. The second-order valence-corrected chi connectivity index (χ2v) is 8.56. The monoisotopic (exact) mass is 482 g/mol. The lowest BCUT2D eigenvalue weighted by atomic mass is 9.95. The minimum absolute atomic E-state index is 0.0500. The van der Waals surface area contributed by atoms with Crippen molar-refractivity contribution >= 4 is 29.1 Å². The lowest BCUT2D eigenvalue weighted by molar-refractivity contribution is -0.140. The van der Waals surface area contributed by atoms with Crippen LogP contribution >= 0.6 is 11.6 Å². The number of carbonyl (C=O) groups is 2. The number of ketones is 1. The number of halogens is 1. The quantitative estimate of drug-likeness (QED) is 0.268. The summed E-state index contributed by atoms with van der Waals surface area (Å²) in [5, 5.41) is 11.7. The SMILES string of the molecule is C=CCOc1ccc(/C(O)=C2\C(=O)C(=O)N(CCN3CCOCC3)[C@H]2c2cccc(Cl)c2)cc1. The minimum atomic E-state index is -0.739. The zero-order valence-corrected chi connectivity index (χ0v) is 19.5. The zero-order chi connectivity index (χ0) is 24.1. The molecule has 2 aromatic carbocycles. The van der Waals surface area contributed by atoms with E-state index in [1.807, 2.05) is 6.07 Å². The third kappa shape index (κ3) is 5.17. The van der Waals surface area contributed by atoms with Gasteiger partial charge in [0.05, 0.1) is 24.8 Å². The largest absolute Gasteiger partial charge is 0.507 e. The van der Waals surface area contributed by atoms with E-state index < -0.39 is 17.7 Å². The Morgan fingerprint density at radius 1 is 1.15 bits per heavy atom. The summed E-state index contributed by atoms with van der Waals surface area (Å²) in [5.74, 6) is -0.969. The maximum atomic E-state index is 13.1. The van der Waals surface area contributed by atoms with Gasteiger partial charge >= 0.3 is 0 Å². The lowest BCUT2D eigenvalue weighted by Gasteiger charge is -2.31. The van der Waals surface area contributed by atoms with E-state index in [2.05, 4.69) is 11.5 Å². The molecule has 1 amide bonds. The van der Waals surface area contributed by atoms with E-state index in [4.69, 9.17) is 21.1 Å². The molecule has 1 N–H and O–H groups in total. The number of aliphatic hydroxyl groups excluding tert-OH is 1. The van der Waals surface area contributed by atoms with Crippen LogP contribution in [0.3, 0.4) is 0 Å². The molecule has 0 aliphatic carbocycles. The molecule has 0 bridgehead atoms. The fourth-order valence-electron chi connectivity index (χ4n) is 4.23. The number of nitrogens with zero attached hydrogens (tertiary/aromatic N) is 2. The summed E-state index contributed by atoms with van der Waals surface area (Å²) >= 11 is 6.24. The van der Waals surface area contributed by atoms with Crippen molar-refractivity contribution < 1.29 is 24.2 Å². The van der Waals surface area contributed by atoms with Crippen LogP contribution in [0.1, 0.15) is 17.2 Å². The first-order chi connectivity index (χ1) is 16.5. The van der Waals surface area contributed by atoms with Crippen molar-refractivity contribution in [2.75, 3.05) is 46.0 Å². The summed E-state index contributed by atoms with van der Waals surface area (Å²) in [7, 11) is 0. The second-order valence-electron chi connectivity index (χ2n) is 8.13. The molecular formula is C26H27ClN2O5. The zero-order valence-electron chi connectivity index (χ0n) is 18.8. The van der Waals surface area contributed by atoms with Gasteiger partial charge in [0.15, 0.2) is 0 Å². The molecule has 0 unspecified atom stereocenters. The number of likely N-dealkylation sites (tertiary alicyclic amines) is 1. The van der Waals surface area contributed by atoms with Crippen LogP contribution in [0.15, 0.2) is 66.8 Å². The molecule has 2 saturated heterocycles. The summed E-state index contributed by atoms with van der Waals surface area (Å²) in [6.07, 6.45) is 1.64. The van der Waals surface area contributed by atoms with E-state index >= 15 is 0 Å². The molecule has 0 aromatic heterocycles. The highest BCUT2D eigenvalue weighted by Gasteiger charge is 2.46. The van der Waals surface area contributed by atoms with E-state index in [9.17, 15) is 14.7 Å². The van der Waals surface area contributed by atoms with Crippen molar-refractivity contribution in [3.05, 3.63) is 82.9 Å². The number of carbonyl (C=O) groups excluding carboxylic acids is 2. The van der Waals surface area contributed by atoms with Crippen LogP contribution in [0, 0.1) is 0 Å². The van der Waals surface area contributed by atoms with Gasteiger partial charge in [-0.2, -0.15) is 0 Å². The fourth-order valence-corrected chi connectivity index (χ4v) is 4.43. The van der Waals surface area contributed by atoms with E-state index in [0.29, 0.717) is 54.8 Å². The lowest BCUT2D eigenvalue weighted by Crippen LogP contribution is -2.42. The molecule has 178 valence electrons. The van der Waals surface area contributed by atoms with Gasteiger partial charge in [-0.1, -0.05) is 36.4 Å². The van der Waals surface area contributed by atoms with Crippen LogP contribution in [0.5, 0.6) is 5.75 Å². The molecule has 34 heavy (non-hydrogen) atoms. The van der Waals surface area contributed by atoms with Gasteiger partial charge in [0, 0.05) is 36.8 Å². The highest BCUT2D eigenvalue weighted by Crippen LogP contribution is 2.40. The Bertz CT molecular complexity index is 1090. The first-order valence-corrected chi connectivity index (χ1v) is 11.6. The molecule has 0 spiro atoms. The van der Waals surface area contributed by atoms with Crippen LogP contribution in [0.2, 0.25) is 5.02 Å². The van der Waals surface area contributed by atoms with Gasteiger partial charge in [0.2, 0.25) is 0 Å². The number of rotatable bonds is 8. The molecule has 1 atom stereocenters. The number of hydrogen-bond donors (Lipinski definition) is 1. The molecule has 2 aromatic rings. The van der Waals surface area contributed by atoms with Crippen LogP contribution in [-0.2, 0) is 14.3 Å². The maximum Gasteiger partial charge on any atom is 0.295 e. The normalized spacial score (nSPS) is 20.5. The number of benzene rings is 2. The number of morpholine rings is 1. The van der Waals surface area contributed by atoms with Gasteiger partial charge in [-0.05, 0) is 42.0 Å². The molecule has 7 nitrogen and oxygen atoms in total. The van der Waals surface area contributed by atoms with Gasteiger partial charge < -0.3 is 19.5 Å². The first-order valence-electron chi connectivity index (χ1n) is 11.2.